The summed E-state index contributed by atoms with van der Waals surface area (Å²) in [6.07, 6.45) is 0.0800. The van der Waals surface area contributed by atoms with Gasteiger partial charge >= 0.3 is 47.8 Å². The summed E-state index contributed by atoms with van der Waals surface area (Å²) in [6, 6.07) is 16.4. The molecule has 2 atom stereocenters. The number of benzene rings is 2. The van der Waals surface area contributed by atoms with E-state index >= 15 is 0 Å². The van der Waals surface area contributed by atoms with Gasteiger partial charge in [0.2, 0.25) is 0 Å². The third-order valence-corrected chi connectivity index (χ3v) is 13.3. The zero-order valence-electron chi connectivity index (χ0n) is 57.0. The molecule has 502 valence electrons. The molecular weight excluding hydrogens is 1140 g/mol. The Morgan fingerprint density at radius 2 is 0.652 bits per heavy atom. The number of carbonyl (C=O) groups excluding carboxylic acids is 7. The SMILES string of the molecule is CC(C)(C)OC(=O)CN1CCN(CC(=O)OC(C)(C)C)CCN([C@H](CCC(=O)O)C(=O)OC(C)(C)C)CC1.CC(C)(C)OC(=O)CN1CCN(CC(=O)OC(C)(C)C)CCN([C@H](CCC(=O)OCc2ccc(-c3ccccc3)cc2)C(=O)OC(C)(C)C)CC1. The topological polar surface area (TPSA) is 241 Å². The van der Waals surface area contributed by atoms with Gasteiger partial charge in [0.25, 0.3) is 0 Å². The highest BCUT2D eigenvalue weighted by Gasteiger charge is 2.36. The zero-order valence-corrected chi connectivity index (χ0v) is 57.0. The molecule has 0 saturated carbocycles. The van der Waals surface area contributed by atoms with Gasteiger partial charge < -0.3 is 38.3 Å². The van der Waals surface area contributed by atoms with E-state index in [1.54, 1.807) is 20.8 Å². The third-order valence-electron chi connectivity index (χ3n) is 13.3. The van der Waals surface area contributed by atoms with Crippen LogP contribution in [0.1, 0.15) is 156 Å². The van der Waals surface area contributed by atoms with Gasteiger partial charge in [-0.1, -0.05) is 54.6 Å². The van der Waals surface area contributed by atoms with Crippen LogP contribution in [-0.4, -0.2) is 233 Å². The number of carboxylic acid groups (broad SMARTS) is 1. The first-order chi connectivity index (χ1) is 41.0. The highest BCUT2D eigenvalue weighted by Crippen LogP contribution is 2.23. The fourth-order valence-corrected chi connectivity index (χ4v) is 9.61. The van der Waals surface area contributed by atoms with E-state index in [4.69, 9.17) is 33.2 Å². The first-order valence-electron chi connectivity index (χ1n) is 31.2. The minimum Gasteiger partial charge on any atom is -0.481 e. The lowest BCUT2D eigenvalue weighted by molar-refractivity contribution is -0.164. The molecule has 0 aliphatic carbocycles. The maximum absolute atomic E-state index is 13.7. The van der Waals surface area contributed by atoms with Crippen molar-refractivity contribution < 1.29 is 76.6 Å². The van der Waals surface area contributed by atoms with Crippen LogP contribution in [-0.2, 0) is 78.1 Å². The Bertz CT molecular complexity index is 2490. The number of carboxylic acids is 1. The standard InChI is InChI=1S/C40H59N3O8.C27H49N3O8/c1-38(2,3)49-35(45)27-41-21-22-42(28-36(46)50-39(4,5)6)24-26-43(25-23-41)33(37(47)51-40(7,8)9)19-20-34(44)48-29-30-15-17-32(18-16-30)31-13-11-10-12-14-31;1-25(2,3)36-22(33)18-28-12-13-29(19-23(34)37-26(4,5)6)15-17-30(16-14-28)20(10-11-21(31)32)24(35)38-27(7,8)9/h10-18,33H,19-29H2,1-9H3;20H,10-19H2,1-9H3,(H,31,32)/t33-;20-/m11/s1. The molecule has 2 aliphatic heterocycles. The number of ether oxygens (including phenoxy) is 7. The molecule has 2 heterocycles. The molecule has 22 heteroatoms. The van der Waals surface area contributed by atoms with Gasteiger partial charge in [-0.25, -0.2) is 0 Å². The van der Waals surface area contributed by atoms with E-state index in [-0.39, 0.29) is 82.3 Å². The first-order valence-corrected chi connectivity index (χ1v) is 31.2. The number of nitrogens with zero attached hydrogens (tertiary/aromatic N) is 6. The molecule has 2 saturated heterocycles. The number of rotatable bonds is 21. The predicted molar refractivity (Wildman–Crippen MR) is 339 cm³/mol. The van der Waals surface area contributed by atoms with Gasteiger partial charge in [-0.05, 0) is 154 Å². The molecule has 2 aromatic carbocycles. The summed E-state index contributed by atoms with van der Waals surface area (Å²) in [5.74, 6) is -3.79. The summed E-state index contributed by atoms with van der Waals surface area (Å²) in [5, 5.41) is 9.30. The van der Waals surface area contributed by atoms with E-state index < -0.39 is 69.6 Å². The number of esters is 7. The molecule has 22 nitrogen and oxygen atoms in total. The van der Waals surface area contributed by atoms with Crippen LogP contribution in [0.3, 0.4) is 0 Å². The first kappa shape index (κ1) is 77.2. The minimum atomic E-state index is -0.999. The third kappa shape index (κ3) is 34.7. The maximum atomic E-state index is 13.7. The Morgan fingerprint density at radius 1 is 0.371 bits per heavy atom. The van der Waals surface area contributed by atoms with Crippen molar-refractivity contribution in [2.45, 2.75) is 203 Å². The smallest absolute Gasteiger partial charge is 0.323 e. The molecule has 1 N–H and O–H groups in total. The molecule has 0 spiro atoms. The van der Waals surface area contributed by atoms with Crippen molar-refractivity contribution >= 4 is 47.8 Å². The lowest BCUT2D eigenvalue weighted by atomic mass is 10.0. The van der Waals surface area contributed by atoms with Gasteiger partial charge in [0.15, 0.2) is 0 Å². The van der Waals surface area contributed by atoms with Gasteiger partial charge in [-0.3, -0.25) is 67.8 Å². The Labute approximate surface area is 530 Å². The van der Waals surface area contributed by atoms with E-state index in [0.717, 1.165) is 16.7 Å². The van der Waals surface area contributed by atoms with E-state index in [0.29, 0.717) is 78.5 Å². The number of hydrogen-bond donors (Lipinski definition) is 1. The molecule has 2 fully saturated rings. The lowest BCUT2D eigenvalue weighted by Crippen LogP contribution is -2.49. The summed E-state index contributed by atoms with van der Waals surface area (Å²) in [4.78, 5) is 114. The molecular formula is C67H108N6O16. The summed E-state index contributed by atoms with van der Waals surface area (Å²) in [6.45, 7) is 38.4. The van der Waals surface area contributed by atoms with Gasteiger partial charge in [0, 0.05) is 91.4 Å². The van der Waals surface area contributed by atoms with Crippen molar-refractivity contribution in [1.29, 1.82) is 0 Å². The summed E-state index contributed by atoms with van der Waals surface area (Å²) < 4.78 is 39.3. The molecule has 89 heavy (non-hydrogen) atoms. The highest BCUT2D eigenvalue weighted by molar-refractivity contribution is 5.79. The van der Waals surface area contributed by atoms with Crippen LogP contribution < -0.4 is 0 Å². The second kappa shape index (κ2) is 35.0. The van der Waals surface area contributed by atoms with Crippen LogP contribution in [0.2, 0.25) is 0 Å². The van der Waals surface area contributed by atoms with Crippen molar-refractivity contribution in [1.82, 2.24) is 29.4 Å². The molecule has 0 aromatic heterocycles. The lowest BCUT2D eigenvalue weighted by Gasteiger charge is -2.33. The van der Waals surface area contributed by atoms with Crippen molar-refractivity contribution in [3.05, 3.63) is 60.2 Å². The molecule has 4 rings (SSSR count). The average molecular weight is 1250 g/mol. The van der Waals surface area contributed by atoms with Crippen LogP contribution in [0.15, 0.2) is 54.6 Å². The van der Waals surface area contributed by atoms with E-state index in [9.17, 15) is 43.5 Å². The van der Waals surface area contributed by atoms with Gasteiger partial charge in [-0.15, -0.1) is 0 Å². The van der Waals surface area contributed by atoms with Crippen LogP contribution in [0.5, 0.6) is 0 Å². The van der Waals surface area contributed by atoms with Crippen molar-refractivity contribution in [2.75, 3.05) is 105 Å². The maximum Gasteiger partial charge on any atom is 0.323 e. The molecule has 0 radical (unpaired) electrons. The fraction of sp³-hybridized carbons (Fsp3) is 0.701. The second-order valence-corrected chi connectivity index (χ2v) is 28.8. The Kier molecular flexibility index (Phi) is 30.3. The van der Waals surface area contributed by atoms with Crippen LogP contribution >= 0.6 is 0 Å². The van der Waals surface area contributed by atoms with Gasteiger partial charge in [-0.2, -0.15) is 0 Å². The monoisotopic (exact) mass is 1250 g/mol. The van der Waals surface area contributed by atoms with Crippen LogP contribution in [0.4, 0.5) is 0 Å². The molecule has 2 aliphatic rings. The highest BCUT2D eigenvalue weighted by atomic mass is 16.6. The van der Waals surface area contributed by atoms with E-state index in [1.165, 1.54) is 0 Å². The molecule has 0 amide bonds. The quantitative estimate of drug-likeness (QED) is 0.0932. The van der Waals surface area contributed by atoms with Crippen LogP contribution in [0.25, 0.3) is 11.1 Å². The number of aliphatic carboxylic acids is 1. The predicted octanol–water partition coefficient (Wildman–Crippen LogP) is 7.65. The van der Waals surface area contributed by atoms with Crippen LogP contribution in [0, 0.1) is 0 Å². The molecule has 0 bridgehead atoms. The molecule has 2 aromatic rings. The van der Waals surface area contributed by atoms with Crippen molar-refractivity contribution in [3.8, 4) is 11.1 Å². The fourth-order valence-electron chi connectivity index (χ4n) is 9.61. The normalized spacial score (nSPS) is 17.0. The second-order valence-electron chi connectivity index (χ2n) is 28.8. The number of carbonyl (C=O) groups is 8. The van der Waals surface area contributed by atoms with E-state index in [2.05, 4.69) is 0 Å². The van der Waals surface area contributed by atoms with Gasteiger partial charge in [0.1, 0.15) is 52.3 Å². The Morgan fingerprint density at radius 3 is 0.944 bits per heavy atom. The minimum absolute atomic E-state index is 0.00571. The number of hydrogen-bond acceptors (Lipinski definition) is 21. The Hall–Kier alpha value is -6.04. The summed E-state index contributed by atoms with van der Waals surface area (Å²) >= 11 is 0. The largest absolute Gasteiger partial charge is 0.481 e. The van der Waals surface area contributed by atoms with Crippen molar-refractivity contribution in [3.63, 3.8) is 0 Å². The average Bonchev–Trinajstić information content (AvgIpc) is 2.37. The Balaban J connectivity index is 0.000000487. The van der Waals surface area contributed by atoms with Crippen molar-refractivity contribution in [2.24, 2.45) is 0 Å². The zero-order chi connectivity index (χ0) is 67.1. The summed E-state index contributed by atoms with van der Waals surface area (Å²) in [7, 11) is 0. The summed E-state index contributed by atoms with van der Waals surface area (Å²) in [5.41, 5.74) is -0.937. The van der Waals surface area contributed by atoms with E-state index in [1.807, 2.05) is 188 Å². The van der Waals surface area contributed by atoms with Gasteiger partial charge in [0.05, 0.1) is 26.2 Å². The molecule has 0 unspecified atom stereocenters.